The van der Waals surface area contributed by atoms with Crippen molar-refractivity contribution in [3.63, 3.8) is 0 Å². The van der Waals surface area contributed by atoms with Crippen molar-refractivity contribution in [1.29, 1.82) is 0 Å². The highest BCUT2D eigenvalue weighted by Gasteiger charge is 2.40. The molecule has 132 valence electrons. The van der Waals surface area contributed by atoms with E-state index in [-0.39, 0.29) is 5.91 Å². The molecule has 2 aliphatic rings. The Balaban J connectivity index is 1.86. The van der Waals surface area contributed by atoms with Gasteiger partial charge in [-0.3, -0.25) is 9.69 Å². The van der Waals surface area contributed by atoms with Crippen LogP contribution in [0.4, 0.5) is 0 Å². The first-order valence-electron chi connectivity index (χ1n) is 8.97. The second-order valence-corrected chi connectivity index (χ2v) is 6.59. The molecule has 2 saturated heterocycles. The Kier molecular flexibility index (Phi) is 5.29. The van der Waals surface area contributed by atoms with Gasteiger partial charge in [-0.15, -0.1) is 0 Å². The van der Waals surface area contributed by atoms with E-state index in [9.17, 15) is 4.79 Å². The maximum atomic E-state index is 13.2. The molecule has 1 amide bonds. The van der Waals surface area contributed by atoms with Gasteiger partial charge in [0.2, 0.25) is 0 Å². The summed E-state index contributed by atoms with van der Waals surface area (Å²) in [6, 6.07) is 6.33. The Labute approximate surface area is 144 Å². The van der Waals surface area contributed by atoms with Crippen LogP contribution in [0.1, 0.15) is 43.0 Å². The van der Waals surface area contributed by atoms with Gasteiger partial charge in [-0.05, 0) is 50.9 Å². The first kappa shape index (κ1) is 17.1. The number of nitrogens with zero attached hydrogens (tertiary/aromatic N) is 2. The van der Waals surface area contributed by atoms with E-state index in [4.69, 9.17) is 9.47 Å². The normalized spacial score (nSPS) is 24.4. The number of methoxy groups -OCH3 is 2. The van der Waals surface area contributed by atoms with E-state index >= 15 is 0 Å². The lowest BCUT2D eigenvalue weighted by Gasteiger charge is -2.34. The molecule has 2 heterocycles. The van der Waals surface area contributed by atoms with Crippen molar-refractivity contribution < 1.29 is 14.3 Å². The minimum atomic E-state index is 0.0659. The van der Waals surface area contributed by atoms with Crippen LogP contribution in [-0.4, -0.2) is 61.6 Å². The highest BCUT2D eigenvalue weighted by atomic mass is 16.5. The van der Waals surface area contributed by atoms with E-state index in [1.54, 1.807) is 14.2 Å². The van der Waals surface area contributed by atoms with Crippen molar-refractivity contribution in [2.24, 2.45) is 0 Å². The van der Waals surface area contributed by atoms with Gasteiger partial charge >= 0.3 is 0 Å². The van der Waals surface area contributed by atoms with Crippen LogP contribution >= 0.6 is 0 Å². The summed E-state index contributed by atoms with van der Waals surface area (Å²) in [6.45, 7) is 5.26. The van der Waals surface area contributed by atoms with E-state index < -0.39 is 0 Å². The minimum Gasteiger partial charge on any atom is -0.493 e. The van der Waals surface area contributed by atoms with Crippen LogP contribution in [0.2, 0.25) is 0 Å². The zero-order valence-corrected chi connectivity index (χ0v) is 15.0. The second-order valence-electron chi connectivity index (χ2n) is 6.59. The molecule has 2 atom stereocenters. The Morgan fingerprint density at radius 3 is 2.58 bits per heavy atom. The molecule has 3 rings (SSSR count). The van der Waals surface area contributed by atoms with Gasteiger partial charge in [0.15, 0.2) is 11.5 Å². The number of likely N-dealkylation sites (N-methyl/N-ethyl adjacent to an activating group) is 1. The first-order valence-corrected chi connectivity index (χ1v) is 8.97. The fourth-order valence-electron chi connectivity index (χ4n) is 4.34. The number of hydrogen-bond acceptors (Lipinski definition) is 4. The van der Waals surface area contributed by atoms with E-state index in [0.29, 0.717) is 29.1 Å². The van der Waals surface area contributed by atoms with Crippen molar-refractivity contribution in [3.8, 4) is 11.5 Å². The van der Waals surface area contributed by atoms with Crippen LogP contribution in [0.5, 0.6) is 11.5 Å². The summed E-state index contributed by atoms with van der Waals surface area (Å²) in [5.74, 6) is 1.21. The molecule has 0 N–H and O–H groups in total. The van der Waals surface area contributed by atoms with Crippen molar-refractivity contribution in [2.45, 2.75) is 44.7 Å². The molecular weight excluding hydrogens is 304 g/mol. The number of carbonyl (C=O) groups excluding carboxylic acids is 1. The number of ether oxygens (including phenoxy) is 2. The molecular formula is C19H28N2O3. The molecule has 0 aliphatic carbocycles. The molecule has 24 heavy (non-hydrogen) atoms. The zero-order valence-electron chi connectivity index (χ0n) is 15.0. The molecule has 1 aromatic carbocycles. The fourth-order valence-corrected chi connectivity index (χ4v) is 4.34. The third kappa shape index (κ3) is 2.97. The molecule has 0 aromatic heterocycles. The summed E-state index contributed by atoms with van der Waals surface area (Å²) in [5.41, 5.74) is 0.602. The average molecular weight is 332 g/mol. The van der Waals surface area contributed by atoms with Crippen LogP contribution in [0, 0.1) is 0 Å². The third-order valence-corrected chi connectivity index (χ3v) is 5.46. The minimum absolute atomic E-state index is 0.0659. The first-order chi connectivity index (χ1) is 11.7. The predicted octanol–water partition coefficient (Wildman–Crippen LogP) is 2.79. The number of para-hydroxylation sites is 1. The topological polar surface area (TPSA) is 42.0 Å². The molecule has 2 fully saturated rings. The molecule has 1 aromatic rings. The zero-order chi connectivity index (χ0) is 17.1. The van der Waals surface area contributed by atoms with Crippen LogP contribution in [0.25, 0.3) is 0 Å². The maximum Gasteiger partial charge on any atom is 0.258 e. The number of rotatable bonds is 5. The summed E-state index contributed by atoms with van der Waals surface area (Å²) >= 11 is 0. The van der Waals surface area contributed by atoms with Crippen LogP contribution in [0.3, 0.4) is 0 Å². The number of benzene rings is 1. The van der Waals surface area contributed by atoms with E-state index in [1.807, 2.05) is 18.2 Å². The summed E-state index contributed by atoms with van der Waals surface area (Å²) < 4.78 is 10.8. The number of likely N-dealkylation sites (tertiary alicyclic amines) is 2. The molecule has 5 heteroatoms. The SMILES string of the molecule is CCN1CCC[C@@H]1[C@H]1CCCN1C(=O)c1cccc(OC)c1OC. The van der Waals surface area contributed by atoms with Gasteiger partial charge in [-0.25, -0.2) is 0 Å². The van der Waals surface area contributed by atoms with Crippen molar-refractivity contribution >= 4 is 5.91 Å². The van der Waals surface area contributed by atoms with Gasteiger partial charge in [0.1, 0.15) is 0 Å². The lowest BCUT2D eigenvalue weighted by Crippen LogP contribution is -2.48. The lowest BCUT2D eigenvalue weighted by atomic mass is 10.0. The second kappa shape index (κ2) is 7.43. The number of amides is 1. The van der Waals surface area contributed by atoms with Crippen LogP contribution in [0.15, 0.2) is 18.2 Å². The highest BCUT2D eigenvalue weighted by molar-refractivity contribution is 5.98. The number of carbonyl (C=O) groups is 1. The molecule has 5 nitrogen and oxygen atoms in total. The molecule has 0 radical (unpaired) electrons. The highest BCUT2D eigenvalue weighted by Crippen LogP contribution is 2.35. The van der Waals surface area contributed by atoms with Crippen LogP contribution < -0.4 is 9.47 Å². The maximum absolute atomic E-state index is 13.2. The Bertz CT molecular complexity index is 590. The van der Waals surface area contributed by atoms with Crippen molar-refractivity contribution in [2.75, 3.05) is 33.9 Å². The standard InChI is InChI=1S/C19H28N2O3/c1-4-20-12-6-9-15(20)16-10-7-13-21(16)19(22)14-8-5-11-17(23-2)18(14)24-3/h5,8,11,15-16H,4,6-7,9-10,12-13H2,1-3H3/t15-,16-/m1/s1. The average Bonchev–Trinajstić information content (AvgIpc) is 3.28. The fraction of sp³-hybridized carbons (Fsp3) is 0.632. The molecule has 0 unspecified atom stereocenters. The number of hydrogen-bond donors (Lipinski definition) is 0. The Morgan fingerprint density at radius 1 is 1.12 bits per heavy atom. The van der Waals surface area contributed by atoms with Gasteiger partial charge in [-0.2, -0.15) is 0 Å². The van der Waals surface area contributed by atoms with Gasteiger partial charge in [0, 0.05) is 18.6 Å². The Hall–Kier alpha value is -1.75. The smallest absolute Gasteiger partial charge is 0.258 e. The largest absolute Gasteiger partial charge is 0.493 e. The van der Waals surface area contributed by atoms with Crippen LogP contribution in [-0.2, 0) is 0 Å². The summed E-state index contributed by atoms with van der Waals surface area (Å²) in [6.07, 6.45) is 4.60. The molecule has 0 spiro atoms. The van der Waals surface area contributed by atoms with E-state index in [2.05, 4.69) is 16.7 Å². The van der Waals surface area contributed by atoms with Gasteiger partial charge < -0.3 is 14.4 Å². The van der Waals surface area contributed by atoms with Gasteiger partial charge in [0.25, 0.3) is 5.91 Å². The van der Waals surface area contributed by atoms with Gasteiger partial charge in [0.05, 0.1) is 19.8 Å². The predicted molar refractivity (Wildman–Crippen MR) is 93.9 cm³/mol. The van der Waals surface area contributed by atoms with Crippen molar-refractivity contribution in [3.05, 3.63) is 23.8 Å². The van der Waals surface area contributed by atoms with Crippen molar-refractivity contribution in [1.82, 2.24) is 9.80 Å². The Morgan fingerprint density at radius 2 is 1.88 bits per heavy atom. The lowest BCUT2D eigenvalue weighted by molar-refractivity contribution is 0.0646. The van der Waals surface area contributed by atoms with E-state index in [1.165, 1.54) is 12.8 Å². The van der Waals surface area contributed by atoms with Gasteiger partial charge in [-0.1, -0.05) is 13.0 Å². The van der Waals surface area contributed by atoms with E-state index in [0.717, 1.165) is 32.5 Å². The molecule has 0 saturated carbocycles. The summed E-state index contributed by atoms with van der Waals surface area (Å²) in [5, 5.41) is 0. The third-order valence-electron chi connectivity index (χ3n) is 5.46. The molecule has 0 bridgehead atoms. The summed E-state index contributed by atoms with van der Waals surface area (Å²) in [7, 11) is 3.19. The summed E-state index contributed by atoms with van der Waals surface area (Å²) in [4.78, 5) is 17.8. The quantitative estimate of drug-likeness (QED) is 0.831. The monoisotopic (exact) mass is 332 g/mol. The molecule has 2 aliphatic heterocycles.